The predicted molar refractivity (Wildman–Crippen MR) is 64.2 cm³/mol. The highest BCUT2D eigenvalue weighted by atomic mass is 16.5. The molecule has 0 aromatic carbocycles. The fourth-order valence-electron chi connectivity index (χ4n) is 3.15. The summed E-state index contributed by atoms with van der Waals surface area (Å²) in [5, 5.41) is 0. The zero-order valence-corrected chi connectivity index (χ0v) is 10.6. The van der Waals surface area contributed by atoms with Crippen molar-refractivity contribution >= 4 is 5.78 Å². The van der Waals surface area contributed by atoms with Crippen LogP contribution < -0.4 is 0 Å². The lowest BCUT2D eigenvalue weighted by atomic mass is 9.68. The van der Waals surface area contributed by atoms with Crippen molar-refractivity contribution < 1.29 is 9.53 Å². The van der Waals surface area contributed by atoms with Crippen LogP contribution in [0.5, 0.6) is 0 Å². The van der Waals surface area contributed by atoms with Crippen molar-refractivity contribution in [3.05, 3.63) is 12.7 Å². The minimum atomic E-state index is -0.513. The van der Waals surface area contributed by atoms with E-state index in [0.29, 0.717) is 24.0 Å². The molecule has 4 atom stereocenters. The maximum Gasteiger partial charge on any atom is 0.164 e. The molecular formula is C14H22O2. The van der Waals surface area contributed by atoms with Gasteiger partial charge in [-0.1, -0.05) is 19.9 Å². The first-order chi connectivity index (χ1) is 7.43. The second-order valence-electron chi connectivity index (χ2n) is 5.74. The maximum absolute atomic E-state index is 12.2. The van der Waals surface area contributed by atoms with Gasteiger partial charge in [-0.15, -0.1) is 6.58 Å². The molecule has 1 saturated heterocycles. The monoisotopic (exact) mass is 222 g/mol. The van der Waals surface area contributed by atoms with Gasteiger partial charge < -0.3 is 4.74 Å². The molecule has 16 heavy (non-hydrogen) atoms. The van der Waals surface area contributed by atoms with Gasteiger partial charge in [-0.2, -0.15) is 0 Å². The van der Waals surface area contributed by atoms with Crippen LogP contribution in [0, 0.1) is 11.8 Å². The van der Waals surface area contributed by atoms with Crippen LogP contribution in [0.2, 0.25) is 0 Å². The molecule has 1 heterocycles. The quantitative estimate of drug-likeness (QED) is 0.637. The molecule has 1 aliphatic heterocycles. The topological polar surface area (TPSA) is 26.3 Å². The first kappa shape index (κ1) is 11.8. The molecule has 2 nitrogen and oxygen atoms in total. The minimum absolute atomic E-state index is 0.305. The Morgan fingerprint density at radius 2 is 2.12 bits per heavy atom. The van der Waals surface area contributed by atoms with E-state index in [-0.39, 0.29) is 5.60 Å². The van der Waals surface area contributed by atoms with Gasteiger partial charge in [0.15, 0.2) is 5.78 Å². The molecule has 0 amide bonds. The summed E-state index contributed by atoms with van der Waals surface area (Å²) in [6.07, 6.45) is 5.31. The number of carbonyl (C=O) groups excluding carboxylic acids is 1. The van der Waals surface area contributed by atoms with Gasteiger partial charge in [0, 0.05) is 6.42 Å². The molecule has 1 saturated carbocycles. The van der Waals surface area contributed by atoms with Gasteiger partial charge in [-0.3, -0.25) is 4.79 Å². The summed E-state index contributed by atoms with van der Waals surface area (Å²) in [7, 11) is 0. The molecule has 2 fully saturated rings. The van der Waals surface area contributed by atoms with Crippen molar-refractivity contribution in [2.24, 2.45) is 11.8 Å². The van der Waals surface area contributed by atoms with Crippen LogP contribution in [0.1, 0.15) is 46.5 Å². The molecule has 0 bridgehead atoms. The molecule has 0 radical (unpaired) electrons. The third-order valence-electron chi connectivity index (χ3n) is 4.73. The van der Waals surface area contributed by atoms with E-state index in [1.807, 2.05) is 13.0 Å². The van der Waals surface area contributed by atoms with Gasteiger partial charge in [0.25, 0.3) is 0 Å². The SMILES string of the molecule is C=C[C@@]1(C)CC[C@@]2(O1)C(=O)CC[C@H](C)[C@H]2C. The van der Waals surface area contributed by atoms with Crippen molar-refractivity contribution in [3.63, 3.8) is 0 Å². The molecule has 2 heteroatoms. The van der Waals surface area contributed by atoms with Crippen LogP contribution in [-0.2, 0) is 9.53 Å². The highest BCUT2D eigenvalue weighted by Gasteiger charge is 2.55. The molecule has 0 unspecified atom stereocenters. The average Bonchev–Trinajstić information content (AvgIpc) is 2.63. The van der Waals surface area contributed by atoms with E-state index in [0.717, 1.165) is 19.3 Å². The zero-order chi connectivity index (χ0) is 12.0. The Morgan fingerprint density at radius 1 is 1.44 bits per heavy atom. The highest BCUT2D eigenvalue weighted by molar-refractivity contribution is 5.89. The highest BCUT2D eigenvalue weighted by Crippen LogP contribution is 2.49. The normalized spacial score (nSPS) is 48.6. The van der Waals surface area contributed by atoms with Gasteiger partial charge in [0.1, 0.15) is 5.60 Å². The van der Waals surface area contributed by atoms with Crippen molar-refractivity contribution in [3.8, 4) is 0 Å². The van der Waals surface area contributed by atoms with Gasteiger partial charge in [0.05, 0.1) is 5.60 Å². The average molecular weight is 222 g/mol. The minimum Gasteiger partial charge on any atom is -0.357 e. The van der Waals surface area contributed by atoms with Gasteiger partial charge in [-0.25, -0.2) is 0 Å². The standard InChI is InChI=1S/C14H22O2/c1-5-13(4)8-9-14(16-13)11(3)10(2)6-7-12(14)15/h5,10-11H,1,6-9H2,2-4H3/t10-,11+,13-,14-/m0/s1. The smallest absolute Gasteiger partial charge is 0.164 e. The molecule has 2 aliphatic rings. The number of rotatable bonds is 1. The lowest BCUT2D eigenvalue weighted by Gasteiger charge is -2.42. The Labute approximate surface area is 98.1 Å². The van der Waals surface area contributed by atoms with Crippen LogP contribution in [0.25, 0.3) is 0 Å². The largest absolute Gasteiger partial charge is 0.357 e. The van der Waals surface area contributed by atoms with Crippen LogP contribution in [0.3, 0.4) is 0 Å². The summed E-state index contributed by atoms with van der Waals surface area (Å²) in [6.45, 7) is 10.3. The van der Waals surface area contributed by atoms with E-state index in [2.05, 4.69) is 20.4 Å². The fourth-order valence-corrected chi connectivity index (χ4v) is 3.15. The van der Waals surface area contributed by atoms with E-state index in [1.165, 1.54) is 0 Å². The third kappa shape index (κ3) is 1.55. The number of Topliss-reactive ketones (excluding diaryl/α,β-unsaturated/α-hetero) is 1. The van der Waals surface area contributed by atoms with Gasteiger partial charge >= 0.3 is 0 Å². The second kappa shape index (κ2) is 3.69. The van der Waals surface area contributed by atoms with E-state index < -0.39 is 5.60 Å². The molecule has 1 aliphatic carbocycles. The van der Waals surface area contributed by atoms with Crippen LogP contribution in [0.15, 0.2) is 12.7 Å². The second-order valence-corrected chi connectivity index (χ2v) is 5.74. The molecular weight excluding hydrogens is 200 g/mol. The van der Waals surface area contributed by atoms with Gasteiger partial charge in [0.2, 0.25) is 0 Å². The van der Waals surface area contributed by atoms with Crippen LogP contribution in [-0.4, -0.2) is 17.0 Å². The molecule has 90 valence electrons. The Bertz CT molecular complexity index is 323. The lowest BCUT2D eigenvalue weighted by Crippen LogP contribution is -2.51. The first-order valence-corrected chi connectivity index (χ1v) is 6.30. The van der Waals surface area contributed by atoms with Crippen molar-refractivity contribution in [1.29, 1.82) is 0 Å². The predicted octanol–water partition coefficient (Wildman–Crippen LogP) is 3.12. The fraction of sp³-hybridized carbons (Fsp3) is 0.786. The van der Waals surface area contributed by atoms with Crippen molar-refractivity contribution in [1.82, 2.24) is 0 Å². The zero-order valence-electron chi connectivity index (χ0n) is 10.6. The summed E-state index contributed by atoms with van der Waals surface area (Å²) < 4.78 is 6.15. The molecule has 0 aromatic rings. The molecule has 2 rings (SSSR count). The molecule has 1 spiro atoms. The number of ketones is 1. The number of ether oxygens (including phenoxy) is 1. The Kier molecular flexibility index (Phi) is 2.73. The van der Waals surface area contributed by atoms with E-state index in [9.17, 15) is 4.79 Å². The summed E-state index contributed by atoms with van der Waals surface area (Å²) in [4.78, 5) is 12.2. The summed E-state index contributed by atoms with van der Waals surface area (Å²) in [5.41, 5.74) is -0.818. The Morgan fingerprint density at radius 3 is 2.69 bits per heavy atom. The maximum atomic E-state index is 12.2. The third-order valence-corrected chi connectivity index (χ3v) is 4.73. The molecule has 0 aromatic heterocycles. The van der Waals surface area contributed by atoms with Crippen molar-refractivity contribution in [2.45, 2.75) is 57.7 Å². The summed E-state index contributed by atoms with van der Waals surface area (Å²) in [5.74, 6) is 1.21. The number of carbonyl (C=O) groups is 1. The first-order valence-electron chi connectivity index (χ1n) is 6.30. The van der Waals surface area contributed by atoms with Crippen LogP contribution in [0.4, 0.5) is 0 Å². The number of hydrogen-bond acceptors (Lipinski definition) is 2. The van der Waals surface area contributed by atoms with E-state index in [4.69, 9.17) is 4.74 Å². The Hall–Kier alpha value is -0.630. The Balaban J connectivity index is 2.30. The van der Waals surface area contributed by atoms with Gasteiger partial charge in [-0.05, 0) is 38.0 Å². The molecule has 0 N–H and O–H groups in total. The van der Waals surface area contributed by atoms with Crippen LogP contribution >= 0.6 is 0 Å². The van der Waals surface area contributed by atoms with E-state index >= 15 is 0 Å². The summed E-state index contributed by atoms with van der Waals surface area (Å²) in [6, 6.07) is 0. The van der Waals surface area contributed by atoms with Crippen molar-refractivity contribution in [2.75, 3.05) is 0 Å². The van der Waals surface area contributed by atoms with E-state index in [1.54, 1.807) is 0 Å². The number of hydrogen-bond donors (Lipinski definition) is 0. The summed E-state index contributed by atoms with van der Waals surface area (Å²) >= 11 is 0. The lowest BCUT2D eigenvalue weighted by molar-refractivity contribution is -0.165.